The van der Waals surface area contributed by atoms with Crippen LogP contribution in [0.5, 0.6) is 0 Å². The van der Waals surface area contributed by atoms with Crippen molar-refractivity contribution in [3.8, 4) is 11.8 Å². The fraction of sp³-hybridized carbons (Fsp3) is 0.447. The van der Waals surface area contributed by atoms with Crippen LogP contribution in [-0.2, 0) is 19.7 Å². The summed E-state index contributed by atoms with van der Waals surface area (Å²) >= 11 is 1.62. The molecule has 2 aromatic rings. The van der Waals surface area contributed by atoms with Gasteiger partial charge in [0.05, 0.1) is 12.2 Å². The van der Waals surface area contributed by atoms with Crippen LogP contribution in [0, 0.1) is 11.8 Å². The van der Waals surface area contributed by atoms with E-state index >= 15 is 0 Å². The second kappa shape index (κ2) is 19.0. The number of aromatic nitrogens is 1. The van der Waals surface area contributed by atoms with Crippen molar-refractivity contribution in [2.24, 2.45) is 0 Å². The number of carbonyl (C=O) groups is 2. The van der Waals surface area contributed by atoms with E-state index in [1.54, 1.807) is 30.8 Å². The number of thioether (sulfide) groups is 1. The molecule has 0 bridgehead atoms. The summed E-state index contributed by atoms with van der Waals surface area (Å²) < 4.78 is 10.9. The summed E-state index contributed by atoms with van der Waals surface area (Å²) in [6.07, 6.45) is 24.5. The minimum Gasteiger partial charge on any atom is -0.462 e. The van der Waals surface area contributed by atoms with Crippen molar-refractivity contribution >= 4 is 23.7 Å². The summed E-state index contributed by atoms with van der Waals surface area (Å²) in [5.41, 5.74) is 2.76. The molecule has 0 radical (unpaired) electrons. The number of rotatable bonds is 15. The Balaban J connectivity index is 1.39. The second-order valence-corrected chi connectivity index (χ2v) is 12.7. The van der Waals surface area contributed by atoms with Gasteiger partial charge in [0.2, 0.25) is 0 Å². The van der Waals surface area contributed by atoms with Gasteiger partial charge in [0.25, 0.3) is 0 Å². The van der Waals surface area contributed by atoms with E-state index in [-0.39, 0.29) is 22.8 Å². The zero-order chi connectivity index (χ0) is 31.6. The maximum Gasteiger partial charge on any atom is 0.339 e. The van der Waals surface area contributed by atoms with Gasteiger partial charge in [-0.1, -0.05) is 87.8 Å². The van der Waals surface area contributed by atoms with Gasteiger partial charge in [-0.3, -0.25) is 4.79 Å². The Hall–Kier alpha value is -3.56. The van der Waals surface area contributed by atoms with Gasteiger partial charge in [-0.15, -0.1) is 0 Å². The third-order valence-corrected chi connectivity index (χ3v) is 8.43. The summed E-state index contributed by atoms with van der Waals surface area (Å²) in [4.78, 5) is 29.8. The molecular formula is C38H47NO4S. The van der Waals surface area contributed by atoms with Crippen molar-refractivity contribution in [3.05, 3.63) is 95.4 Å². The van der Waals surface area contributed by atoms with Crippen LogP contribution in [0.25, 0.3) is 0 Å². The molecule has 3 rings (SSSR count). The van der Waals surface area contributed by atoms with Gasteiger partial charge >= 0.3 is 11.9 Å². The van der Waals surface area contributed by atoms with Crippen molar-refractivity contribution in [1.29, 1.82) is 0 Å². The molecule has 0 N–H and O–H groups in total. The summed E-state index contributed by atoms with van der Waals surface area (Å²) in [7, 11) is 0. The molecule has 1 aromatic heterocycles. The maximum atomic E-state index is 12.6. The Labute approximate surface area is 268 Å². The van der Waals surface area contributed by atoms with E-state index in [4.69, 9.17) is 9.47 Å². The minimum atomic E-state index is -0.386. The summed E-state index contributed by atoms with van der Waals surface area (Å²) in [5.74, 6) is 5.79. The summed E-state index contributed by atoms with van der Waals surface area (Å²) in [6.45, 7) is 8.63. The van der Waals surface area contributed by atoms with E-state index in [0.717, 1.165) is 68.2 Å². The average molecular weight is 614 g/mol. The molecule has 234 valence electrons. The van der Waals surface area contributed by atoms with Crippen LogP contribution in [0.3, 0.4) is 0 Å². The first kappa shape index (κ1) is 34.9. The third-order valence-electron chi connectivity index (χ3n) is 7.30. The topological polar surface area (TPSA) is 65.5 Å². The van der Waals surface area contributed by atoms with Crippen LogP contribution >= 0.6 is 11.8 Å². The van der Waals surface area contributed by atoms with Crippen LogP contribution < -0.4 is 0 Å². The summed E-state index contributed by atoms with van der Waals surface area (Å²) in [6, 6.07) is 9.58. The van der Waals surface area contributed by atoms with Gasteiger partial charge in [-0.25, -0.2) is 9.78 Å². The number of carbonyl (C=O) groups excluding carboxylic acids is 2. The highest BCUT2D eigenvalue weighted by Gasteiger charge is 2.35. The molecule has 2 heterocycles. The van der Waals surface area contributed by atoms with Gasteiger partial charge in [-0.05, 0) is 92.7 Å². The third kappa shape index (κ3) is 12.2. The Morgan fingerprint density at radius 2 is 1.70 bits per heavy atom. The number of esters is 2. The largest absolute Gasteiger partial charge is 0.462 e. The van der Waals surface area contributed by atoms with Crippen LogP contribution in [0.15, 0.2) is 77.9 Å². The molecule has 1 aliphatic heterocycles. The Morgan fingerprint density at radius 3 is 2.43 bits per heavy atom. The van der Waals surface area contributed by atoms with Gasteiger partial charge in [0.1, 0.15) is 5.69 Å². The SMILES string of the molecule is CCC=CCC=CCC=CCCCCCCC(=O)OC1CC(C)(C)c2cc(C#Cc3ccc(C(=O)OCC)cn3)ccc2S1. The molecule has 0 saturated carbocycles. The number of hydrogen-bond acceptors (Lipinski definition) is 6. The first-order chi connectivity index (χ1) is 21.3. The van der Waals surface area contributed by atoms with Crippen LogP contribution in [-0.4, -0.2) is 29.0 Å². The molecule has 0 amide bonds. The van der Waals surface area contributed by atoms with Gasteiger partial charge < -0.3 is 9.47 Å². The number of ether oxygens (including phenoxy) is 2. The van der Waals surface area contributed by atoms with Crippen molar-refractivity contribution < 1.29 is 19.1 Å². The molecule has 0 spiro atoms. The van der Waals surface area contributed by atoms with Gasteiger partial charge in [0.15, 0.2) is 5.44 Å². The zero-order valence-electron chi connectivity index (χ0n) is 26.8. The molecule has 5 nitrogen and oxygen atoms in total. The van der Waals surface area contributed by atoms with Crippen molar-refractivity contribution in [2.75, 3.05) is 6.61 Å². The van der Waals surface area contributed by atoms with Crippen LogP contribution in [0.1, 0.15) is 119 Å². The Morgan fingerprint density at radius 1 is 0.955 bits per heavy atom. The Kier molecular flexibility index (Phi) is 15.1. The van der Waals surface area contributed by atoms with Crippen molar-refractivity contribution in [2.45, 2.75) is 108 Å². The van der Waals surface area contributed by atoms with E-state index in [2.05, 4.69) is 86.2 Å². The van der Waals surface area contributed by atoms with E-state index < -0.39 is 0 Å². The van der Waals surface area contributed by atoms with Crippen LogP contribution in [0.4, 0.5) is 0 Å². The average Bonchev–Trinajstić information content (AvgIpc) is 3.00. The molecule has 0 saturated heterocycles. The number of allylic oxidation sites excluding steroid dienone is 6. The standard InChI is InChI=1S/C38H47NO4S/c1-5-7-8-9-10-11-12-13-14-15-16-17-18-19-20-35(40)43-36-28-38(3,4)33-27-30(22-26-34(33)44-36)21-24-32-25-23-31(29-39-32)37(41)42-6-2/h7-8,10-11,13-14,22-23,25-27,29,36H,5-6,9,12,15-20,28H2,1-4H3. The molecule has 1 aliphatic rings. The maximum absolute atomic E-state index is 12.6. The predicted octanol–water partition coefficient (Wildman–Crippen LogP) is 9.50. The molecule has 44 heavy (non-hydrogen) atoms. The number of nitrogens with zero attached hydrogens (tertiary/aromatic N) is 1. The molecule has 0 aliphatic carbocycles. The summed E-state index contributed by atoms with van der Waals surface area (Å²) in [5, 5.41) is 0. The van der Waals surface area contributed by atoms with E-state index in [1.165, 1.54) is 11.8 Å². The molecule has 1 unspecified atom stereocenters. The van der Waals surface area contributed by atoms with Gasteiger partial charge in [-0.2, -0.15) is 0 Å². The normalized spacial score (nSPS) is 15.7. The monoisotopic (exact) mass is 613 g/mol. The molecular weight excluding hydrogens is 566 g/mol. The Bertz CT molecular complexity index is 1360. The second-order valence-electron chi connectivity index (χ2n) is 11.5. The zero-order valence-corrected chi connectivity index (χ0v) is 27.6. The molecule has 6 heteroatoms. The quantitative estimate of drug-likeness (QED) is 0.0863. The number of benzene rings is 1. The lowest BCUT2D eigenvalue weighted by Crippen LogP contribution is -2.31. The predicted molar refractivity (Wildman–Crippen MR) is 181 cm³/mol. The van der Waals surface area contributed by atoms with Gasteiger partial charge in [0, 0.05) is 29.5 Å². The lowest BCUT2D eigenvalue weighted by Gasteiger charge is -2.36. The molecule has 1 aromatic carbocycles. The number of unbranched alkanes of at least 4 members (excludes halogenated alkanes) is 4. The number of fused-ring (bicyclic) bond motifs is 1. The van der Waals surface area contributed by atoms with Crippen molar-refractivity contribution in [3.63, 3.8) is 0 Å². The smallest absolute Gasteiger partial charge is 0.339 e. The van der Waals surface area contributed by atoms with E-state index in [9.17, 15) is 9.59 Å². The lowest BCUT2D eigenvalue weighted by molar-refractivity contribution is -0.145. The van der Waals surface area contributed by atoms with E-state index in [1.807, 2.05) is 6.07 Å². The highest BCUT2D eigenvalue weighted by atomic mass is 32.2. The number of hydrogen-bond donors (Lipinski definition) is 0. The molecule has 1 atom stereocenters. The molecule has 0 fully saturated rings. The highest BCUT2D eigenvalue weighted by Crippen LogP contribution is 2.46. The first-order valence-corrected chi connectivity index (χ1v) is 16.8. The highest BCUT2D eigenvalue weighted by molar-refractivity contribution is 7.99. The van der Waals surface area contributed by atoms with Crippen molar-refractivity contribution in [1.82, 2.24) is 4.98 Å². The number of pyridine rings is 1. The lowest BCUT2D eigenvalue weighted by atomic mass is 9.80. The first-order valence-electron chi connectivity index (χ1n) is 15.9. The fourth-order valence-electron chi connectivity index (χ4n) is 4.87. The van der Waals surface area contributed by atoms with E-state index in [0.29, 0.717) is 24.3 Å². The minimum absolute atomic E-state index is 0.105. The van der Waals surface area contributed by atoms with Crippen LogP contribution in [0.2, 0.25) is 0 Å². The fourth-order valence-corrected chi connectivity index (χ4v) is 6.42.